The van der Waals surface area contributed by atoms with E-state index in [0.29, 0.717) is 48.5 Å². The third kappa shape index (κ3) is 4.32. The SMILES string of the molecule is FCc1c(-c2nnc(C3(c4ccc(Cl)cc4)CC3)o2)nn(-c2ccc(Cl)cc2Cl)c1-c1ccc(Cl)cc1. The van der Waals surface area contributed by atoms with Crippen LogP contribution in [0, 0.1) is 0 Å². The summed E-state index contributed by atoms with van der Waals surface area (Å²) in [6.45, 7) is -0.821. The van der Waals surface area contributed by atoms with Crippen LogP contribution in [0.5, 0.6) is 0 Å². The molecular weight excluding hydrogens is 557 g/mol. The monoisotopic (exact) mass is 572 g/mol. The fourth-order valence-corrected chi connectivity index (χ4v) is 5.25. The van der Waals surface area contributed by atoms with E-state index in [4.69, 9.17) is 55.9 Å². The smallest absolute Gasteiger partial charge is 0.268 e. The van der Waals surface area contributed by atoms with Crippen LogP contribution < -0.4 is 0 Å². The summed E-state index contributed by atoms with van der Waals surface area (Å²) in [5.74, 6) is 0.587. The summed E-state index contributed by atoms with van der Waals surface area (Å²) in [6.07, 6.45) is 1.72. The summed E-state index contributed by atoms with van der Waals surface area (Å²) in [5, 5.41) is 15.4. The van der Waals surface area contributed by atoms with Crippen molar-refractivity contribution in [3.8, 4) is 28.5 Å². The van der Waals surface area contributed by atoms with E-state index < -0.39 is 6.67 Å². The van der Waals surface area contributed by atoms with Gasteiger partial charge in [0.2, 0.25) is 5.89 Å². The van der Waals surface area contributed by atoms with Crippen molar-refractivity contribution in [1.82, 2.24) is 20.0 Å². The zero-order chi connectivity index (χ0) is 25.7. The van der Waals surface area contributed by atoms with Gasteiger partial charge in [0.15, 0.2) is 5.69 Å². The van der Waals surface area contributed by atoms with Gasteiger partial charge in [-0.2, -0.15) is 5.10 Å². The fraction of sp³-hybridized carbons (Fsp3) is 0.148. The van der Waals surface area contributed by atoms with E-state index in [1.165, 1.54) is 0 Å². The quantitative estimate of drug-likeness (QED) is 0.204. The first-order valence-corrected chi connectivity index (χ1v) is 12.9. The molecule has 10 heteroatoms. The van der Waals surface area contributed by atoms with E-state index in [0.717, 1.165) is 18.4 Å². The predicted octanol–water partition coefficient (Wildman–Crippen LogP) is 8.75. The van der Waals surface area contributed by atoms with Crippen LogP contribution in [0.4, 0.5) is 4.39 Å². The van der Waals surface area contributed by atoms with E-state index >= 15 is 0 Å². The number of hydrogen-bond donors (Lipinski definition) is 0. The Kier molecular flexibility index (Phi) is 6.24. The number of rotatable bonds is 6. The molecule has 0 unspecified atom stereocenters. The second-order valence-corrected chi connectivity index (χ2v) is 10.5. The first kappa shape index (κ1) is 24.4. The average molecular weight is 574 g/mol. The molecular formula is C27H17Cl4FN4O. The summed E-state index contributed by atoms with van der Waals surface area (Å²) < 4.78 is 22.4. The van der Waals surface area contributed by atoms with Crippen LogP contribution >= 0.6 is 46.4 Å². The molecule has 1 fully saturated rings. The Balaban J connectivity index is 1.51. The molecule has 0 atom stereocenters. The summed E-state index contributed by atoms with van der Waals surface area (Å²) in [5.41, 5.74) is 2.91. The minimum Gasteiger partial charge on any atom is -0.418 e. The van der Waals surface area contributed by atoms with Gasteiger partial charge in [0.1, 0.15) is 6.67 Å². The molecule has 2 aromatic heterocycles. The van der Waals surface area contributed by atoms with Crippen LogP contribution in [0.3, 0.4) is 0 Å². The van der Waals surface area contributed by atoms with Gasteiger partial charge in [-0.1, -0.05) is 70.7 Å². The Morgan fingerprint density at radius 3 is 2.11 bits per heavy atom. The van der Waals surface area contributed by atoms with Crippen molar-refractivity contribution < 1.29 is 8.81 Å². The van der Waals surface area contributed by atoms with Crippen LogP contribution in [0.15, 0.2) is 71.1 Å². The molecule has 0 radical (unpaired) electrons. The maximum absolute atomic E-state index is 14.7. The van der Waals surface area contributed by atoms with Crippen molar-refractivity contribution in [2.24, 2.45) is 0 Å². The van der Waals surface area contributed by atoms with Crippen LogP contribution in [-0.4, -0.2) is 20.0 Å². The average Bonchev–Trinajstić information content (AvgIpc) is 3.38. The first-order valence-electron chi connectivity index (χ1n) is 11.4. The lowest BCUT2D eigenvalue weighted by Gasteiger charge is -2.11. The van der Waals surface area contributed by atoms with Crippen molar-refractivity contribution in [3.63, 3.8) is 0 Å². The van der Waals surface area contributed by atoms with Gasteiger partial charge in [0.05, 0.1) is 21.8 Å². The van der Waals surface area contributed by atoms with Crippen LogP contribution in [0.2, 0.25) is 20.1 Å². The summed E-state index contributed by atoms with van der Waals surface area (Å²) >= 11 is 24.8. The molecule has 1 aliphatic rings. The van der Waals surface area contributed by atoms with Crippen molar-refractivity contribution in [3.05, 3.63) is 104 Å². The lowest BCUT2D eigenvalue weighted by Crippen LogP contribution is -2.08. The number of hydrogen-bond acceptors (Lipinski definition) is 4. The molecule has 0 aliphatic heterocycles. The lowest BCUT2D eigenvalue weighted by atomic mass is 9.96. The molecule has 2 heterocycles. The highest BCUT2D eigenvalue weighted by molar-refractivity contribution is 6.35. The van der Waals surface area contributed by atoms with Crippen LogP contribution in [-0.2, 0) is 12.1 Å². The Morgan fingerprint density at radius 1 is 0.838 bits per heavy atom. The third-order valence-corrected chi connectivity index (χ3v) is 7.60. The fourth-order valence-electron chi connectivity index (χ4n) is 4.51. The maximum atomic E-state index is 14.7. The van der Waals surface area contributed by atoms with E-state index in [-0.39, 0.29) is 17.0 Å². The number of halogens is 5. The molecule has 0 amide bonds. The predicted molar refractivity (Wildman–Crippen MR) is 144 cm³/mol. The van der Waals surface area contributed by atoms with Gasteiger partial charge in [0, 0.05) is 26.2 Å². The lowest BCUT2D eigenvalue weighted by molar-refractivity contribution is 0.465. The van der Waals surface area contributed by atoms with Crippen molar-refractivity contribution in [2.75, 3.05) is 0 Å². The van der Waals surface area contributed by atoms with Gasteiger partial charge in [-0.15, -0.1) is 10.2 Å². The minimum absolute atomic E-state index is 0.127. The third-order valence-electron chi connectivity index (χ3n) is 6.56. The van der Waals surface area contributed by atoms with Crippen molar-refractivity contribution in [2.45, 2.75) is 24.9 Å². The molecule has 5 nitrogen and oxygen atoms in total. The maximum Gasteiger partial charge on any atom is 0.268 e. The largest absolute Gasteiger partial charge is 0.418 e. The Hall–Kier alpha value is -2.90. The highest BCUT2D eigenvalue weighted by atomic mass is 35.5. The minimum atomic E-state index is -0.821. The normalized spacial score (nSPS) is 14.2. The van der Waals surface area contributed by atoms with Crippen LogP contribution in [0.1, 0.15) is 29.9 Å². The zero-order valence-electron chi connectivity index (χ0n) is 19.1. The van der Waals surface area contributed by atoms with Gasteiger partial charge >= 0.3 is 0 Å². The Bertz CT molecular complexity index is 1610. The van der Waals surface area contributed by atoms with Crippen LogP contribution in [0.25, 0.3) is 28.5 Å². The van der Waals surface area contributed by atoms with Gasteiger partial charge in [-0.3, -0.25) is 0 Å². The Labute approximate surface area is 231 Å². The number of nitrogens with zero attached hydrogens (tertiary/aromatic N) is 4. The van der Waals surface area contributed by atoms with E-state index in [1.54, 1.807) is 47.1 Å². The second-order valence-electron chi connectivity index (χ2n) is 8.83. The summed E-state index contributed by atoms with van der Waals surface area (Å²) in [4.78, 5) is 0. The van der Waals surface area contributed by atoms with E-state index in [2.05, 4.69) is 10.2 Å². The van der Waals surface area contributed by atoms with Gasteiger partial charge in [-0.05, 0) is 60.9 Å². The topological polar surface area (TPSA) is 56.7 Å². The molecule has 1 aliphatic carbocycles. The molecule has 1 saturated carbocycles. The number of aromatic nitrogens is 4. The number of alkyl halides is 1. The highest BCUT2D eigenvalue weighted by Gasteiger charge is 2.51. The zero-order valence-corrected chi connectivity index (χ0v) is 22.1. The molecule has 0 bridgehead atoms. The van der Waals surface area contributed by atoms with E-state index in [9.17, 15) is 4.39 Å². The molecule has 0 saturated heterocycles. The molecule has 0 N–H and O–H groups in total. The molecule has 186 valence electrons. The second kappa shape index (κ2) is 9.44. The Morgan fingerprint density at radius 2 is 1.49 bits per heavy atom. The number of benzene rings is 3. The molecule has 0 spiro atoms. The molecule has 37 heavy (non-hydrogen) atoms. The van der Waals surface area contributed by atoms with Crippen molar-refractivity contribution in [1.29, 1.82) is 0 Å². The standard InChI is InChI=1S/C27H17Cl4FN4O/c28-17-5-1-15(2-6-17)24-20(14-32)23(35-36(24)22-10-9-19(30)13-21(22)31)25-33-34-26(37-25)27(11-12-27)16-3-7-18(29)8-4-16/h1-10,13H,11-12,14H2. The van der Waals surface area contributed by atoms with Gasteiger partial charge < -0.3 is 4.42 Å². The van der Waals surface area contributed by atoms with Gasteiger partial charge in [0.25, 0.3) is 5.89 Å². The highest BCUT2D eigenvalue weighted by Crippen LogP contribution is 2.53. The van der Waals surface area contributed by atoms with E-state index in [1.807, 2.05) is 24.3 Å². The summed E-state index contributed by atoms with van der Waals surface area (Å²) in [7, 11) is 0. The van der Waals surface area contributed by atoms with Crippen molar-refractivity contribution >= 4 is 46.4 Å². The molecule has 3 aromatic carbocycles. The van der Waals surface area contributed by atoms with Gasteiger partial charge in [-0.25, -0.2) is 9.07 Å². The summed E-state index contributed by atoms with van der Waals surface area (Å²) in [6, 6.07) is 19.7. The molecule has 5 aromatic rings. The first-order chi connectivity index (χ1) is 17.9. The molecule has 6 rings (SSSR count).